The Labute approximate surface area is 137 Å². The lowest BCUT2D eigenvalue weighted by atomic mass is 10.2. The molecule has 0 fully saturated rings. The van der Waals surface area contributed by atoms with Crippen molar-refractivity contribution >= 4 is 29.8 Å². The van der Waals surface area contributed by atoms with Gasteiger partial charge >= 0.3 is 12.1 Å². The summed E-state index contributed by atoms with van der Waals surface area (Å²) in [5.74, 6) is -1.26. The molecule has 10 heteroatoms. The Morgan fingerprint density at radius 3 is 2.61 bits per heavy atom. The van der Waals surface area contributed by atoms with E-state index in [0.29, 0.717) is 6.07 Å². The number of alkyl halides is 3. The molecule has 122 valence electrons. The number of H-pyrrole nitrogens is 1. The highest BCUT2D eigenvalue weighted by Gasteiger charge is 2.33. The number of halogens is 4. The number of carboxylic acids is 1. The lowest BCUT2D eigenvalue weighted by molar-refractivity contribution is -0.138. The largest absolute Gasteiger partial charge is 0.481 e. The highest BCUT2D eigenvalue weighted by molar-refractivity contribution is 7.71. The zero-order chi connectivity index (χ0) is 17.4. The fourth-order valence-corrected chi connectivity index (χ4v) is 2.38. The van der Waals surface area contributed by atoms with Crippen molar-refractivity contribution in [2.45, 2.75) is 12.6 Å². The van der Waals surface area contributed by atoms with Crippen LogP contribution in [-0.4, -0.2) is 20.6 Å². The number of benzene rings is 1. The van der Waals surface area contributed by atoms with E-state index >= 15 is 0 Å². The SMILES string of the molecule is O=C(O)Cc1c[nH]c(=S)n(-c2ccc(Cl)c(C(F)(F)F)c2)c1=O. The molecule has 1 aromatic carbocycles. The van der Waals surface area contributed by atoms with Gasteiger partial charge in [0.1, 0.15) is 0 Å². The average molecular weight is 365 g/mol. The number of aliphatic carboxylic acids is 1. The van der Waals surface area contributed by atoms with Crippen LogP contribution in [0.1, 0.15) is 11.1 Å². The number of aromatic nitrogens is 2. The molecule has 0 amide bonds. The minimum atomic E-state index is -4.71. The third-order valence-electron chi connectivity index (χ3n) is 2.91. The molecule has 0 unspecified atom stereocenters. The summed E-state index contributed by atoms with van der Waals surface area (Å²) in [5, 5.41) is 8.23. The van der Waals surface area contributed by atoms with Gasteiger partial charge in [-0.15, -0.1) is 0 Å². The summed E-state index contributed by atoms with van der Waals surface area (Å²) in [6, 6.07) is 2.86. The Kier molecular flexibility index (Phi) is 4.62. The zero-order valence-corrected chi connectivity index (χ0v) is 12.7. The molecule has 0 aliphatic carbocycles. The molecular formula is C13H8ClF3N2O3S. The third kappa shape index (κ3) is 3.62. The molecule has 0 saturated heterocycles. The molecule has 0 saturated carbocycles. The molecule has 2 N–H and O–H groups in total. The number of carboxylic acid groups (broad SMARTS) is 1. The molecule has 5 nitrogen and oxygen atoms in total. The van der Waals surface area contributed by atoms with Crippen LogP contribution in [0, 0.1) is 4.77 Å². The predicted octanol–water partition coefficient (Wildman–Crippen LogP) is 3.19. The summed E-state index contributed by atoms with van der Waals surface area (Å²) in [7, 11) is 0. The van der Waals surface area contributed by atoms with Crippen LogP contribution in [-0.2, 0) is 17.4 Å². The first-order chi connectivity index (χ1) is 10.6. The Balaban J connectivity index is 2.70. The van der Waals surface area contributed by atoms with Crippen LogP contribution < -0.4 is 5.56 Å². The summed E-state index contributed by atoms with van der Waals surface area (Å²) in [5.41, 5.74) is -2.25. The van der Waals surface area contributed by atoms with Crippen molar-refractivity contribution in [1.82, 2.24) is 9.55 Å². The summed E-state index contributed by atoms with van der Waals surface area (Å²) in [4.78, 5) is 25.5. The van der Waals surface area contributed by atoms with Gasteiger partial charge in [0.05, 0.1) is 22.7 Å². The van der Waals surface area contributed by atoms with Gasteiger partial charge < -0.3 is 10.1 Å². The molecule has 1 heterocycles. The third-order valence-corrected chi connectivity index (χ3v) is 3.54. The zero-order valence-electron chi connectivity index (χ0n) is 11.1. The molecule has 0 aliphatic heterocycles. The maximum absolute atomic E-state index is 12.9. The van der Waals surface area contributed by atoms with Gasteiger partial charge in [-0.25, -0.2) is 0 Å². The van der Waals surface area contributed by atoms with Crippen LogP contribution >= 0.6 is 23.8 Å². The van der Waals surface area contributed by atoms with Gasteiger partial charge in [-0.1, -0.05) is 11.6 Å². The summed E-state index contributed by atoms with van der Waals surface area (Å²) in [6.07, 6.45) is -4.18. The summed E-state index contributed by atoms with van der Waals surface area (Å²) >= 11 is 10.4. The van der Waals surface area contributed by atoms with Crippen LogP contribution in [0.25, 0.3) is 5.69 Å². The topological polar surface area (TPSA) is 75.1 Å². The van der Waals surface area contributed by atoms with Gasteiger partial charge in [-0.3, -0.25) is 14.2 Å². The van der Waals surface area contributed by atoms with Crippen molar-refractivity contribution in [2.24, 2.45) is 0 Å². The Morgan fingerprint density at radius 2 is 2.04 bits per heavy atom. The van der Waals surface area contributed by atoms with Gasteiger partial charge in [0.15, 0.2) is 4.77 Å². The van der Waals surface area contributed by atoms with E-state index in [4.69, 9.17) is 28.9 Å². The van der Waals surface area contributed by atoms with Crippen LogP contribution in [0.4, 0.5) is 13.2 Å². The Hall–Kier alpha value is -2.13. The molecular weight excluding hydrogens is 357 g/mol. The second kappa shape index (κ2) is 6.17. The monoisotopic (exact) mass is 364 g/mol. The lowest BCUT2D eigenvalue weighted by Gasteiger charge is -2.13. The Morgan fingerprint density at radius 1 is 1.39 bits per heavy atom. The smallest absolute Gasteiger partial charge is 0.417 e. The van der Waals surface area contributed by atoms with Crippen molar-refractivity contribution in [3.05, 3.63) is 55.7 Å². The molecule has 0 bridgehead atoms. The van der Waals surface area contributed by atoms with Crippen molar-refractivity contribution < 1.29 is 23.1 Å². The first-order valence-electron chi connectivity index (χ1n) is 6.04. The maximum atomic E-state index is 12.9. The standard InChI is InChI=1S/C13H8ClF3N2O3S/c14-9-2-1-7(4-8(9)13(15,16)17)19-11(22)6(3-10(20)21)5-18-12(19)23/h1-2,4-5H,3H2,(H,18,23)(H,20,21). The second-order valence-corrected chi connectivity index (χ2v) is 5.29. The van der Waals surface area contributed by atoms with Crippen LogP contribution in [0.15, 0.2) is 29.2 Å². The molecule has 2 aromatic rings. The van der Waals surface area contributed by atoms with E-state index in [0.717, 1.165) is 16.8 Å². The van der Waals surface area contributed by atoms with E-state index in [1.807, 2.05) is 0 Å². The number of carbonyl (C=O) groups is 1. The van der Waals surface area contributed by atoms with Crippen LogP contribution in [0.5, 0.6) is 0 Å². The lowest BCUT2D eigenvalue weighted by Crippen LogP contribution is -2.25. The van der Waals surface area contributed by atoms with E-state index in [2.05, 4.69) is 4.98 Å². The Bertz CT molecular complexity index is 889. The minimum Gasteiger partial charge on any atom is -0.481 e. The van der Waals surface area contributed by atoms with E-state index < -0.39 is 34.7 Å². The molecule has 1 aromatic heterocycles. The number of hydrogen-bond donors (Lipinski definition) is 2. The first-order valence-corrected chi connectivity index (χ1v) is 6.82. The highest BCUT2D eigenvalue weighted by Crippen LogP contribution is 2.35. The number of rotatable bonds is 3. The van der Waals surface area contributed by atoms with Crippen molar-refractivity contribution in [1.29, 1.82) is 0 Å². The van der Waals surface area contributed by atoms with E-state index in [1.165, 1.54) is 6.07 Å². The van der Waals surface area contributed by atoms with Gasteiger partial charge in [0.25, 0.3) is 5.56 Å². The van der Waals surface area contributed by atoms with Gasteiger partial charge in [-0.05, 0) is 30.4 Å². The summed E-state index contributed by atoms with van der Waals surface area (Å²) < 4.78 is 39.4. The van der Waals surface area contributed by atoms with Crippen LogP contribution in [0.3, 0.4) is 0 Å². The molecule has 0 radical (unpaired) electrons. The normalized spacial score (nSPS) is 11.5. The highest BCUT2D eigenvalue weighted by atomic mass is 35.5. The van der Waals surface area contributed by atoms with Gasteiger partial charge in [0, 0.05) is 11.8 Å². The van der Waals surface area contributed by atoms with Crippen LogP contribution in [0.2, 0.25) is 5.02 Å². The number of hydrogen-bond acceptors (Lipinski definition) is 3. The van der Waals surface area contributed by atoms with E-state index in [9.17, 15) is 22.8 Å². The van der Waals surface area contributed by atoms with Crippen molar-refractivity contribution in [3.63, 3.8) is 0 Å². The van der Waals surface area contributed by atoms with Gasteiger partial charge in [-0.2, -0.15) is 13.2 Å². The van der Waals surface area contributed by atoms with E-state index in [-0.39, 0.29) is 16.0 Å². The van der Waals surface area contributed by atoms with Gasteiger partial charge in [0.2, 0.25) is 0 Å². The number of nitrogens with one attached hydrogen (secondary N) is 1. The average Bonchev–Trinajstić information content (AvgIpc) is 2.42. The molecule has 0 spiro atoms. The fraction of sp³-hybridized carbons (Fsp3) is 0.154. The molecule has 0 aliphatic rings. The fourth-order valence-electron chi connectivity index (χ4n) is 1.90. The first kappa shape index (κ1) is 17.2. The summed E-state index contributed by atoms with van der Waals surface area (Å²) in [6.45, 7) is 0. The number of nitrogens with zero attached hydrogens (tertiary/aromatic N) is 1. The van der Waals surface area contributed by atoms with E-state index in [1.54, 1.807) is 0 Å². The molecule has 23 heavy (non-hydrogen) atoms. The number of aromatic amines is 1. The minimum absolute atomic E-state index is 0.144. The second-order valence-electron chi connectivity index (χ2n) is 4.49. The van der Waals surface area contributed by atoms with Crippen molar-refractivity contribution in [2.75, 3.05) is 0 Å². The molecule has 0 atom stereocenters. The molecule has 2 rings (SSSR count). The maximum Gasteiger partial charge on any atom is 0.417 e. The quantitative estimate of drug-likeness (QED) is 0.820. The van der Waals surface area contributed by atoms with Crippen molar-refractivity contribution in [3.8, 4) is 5.69 Å². The predicted molar refractivity (Wildman–Crippen MR) is 78.6 cm³/mol.